The fourth-order valence-corrected chi connectivity index (χ4v) is 3.00. The fourth-order valence-electron chi connectivity index (χ4n) is 3.00. The maximum atomic E-state index is 12.3. The summed E-state index contributed by atoms with van der Waals surface area (Å²) in [6.45, 7) is 8.78. The van der Waals surface area contributed by atoms with Crippen LogP contribution >= 0.6 is 0 Å². The van der Waals surface area contributed by atoms with E-state index in [2.05, 4.69) is 29.4 Å². The molecule has 2 amide bonds. The number of carbonyl (C=O) groups excluding carboxylic acids is 2. The van der Waals surface area contributed by atoms with Gasteiger partial charge in [0.15, 0.2) is 0 Å². The molecule has 0 bridgehead atoms. The molecule has 2 N–H and O–H groups in total. The Balaban J connectivity index is 1.81. The zero-order valence-corrected chi connectivity index (χ0v) is 15.0. The molecule has 1 aliphatic heterocycles. The van der Waals surface area contributed by atoms with E-state index in [0.29, 0.717) is 12.1 Å². The number of benzene rings is 1. The summed E-state index contributed by atoms with van der Waals surface area (Å²) in [5, 5.41) is 5.73. The second kappa shape index (κ2) is 8.29. The third-order valence-electron chi connectivity index (χ3n) is 4.68. The van der Waals surface area contributed by atoms with Crippen LogP contribution in [0.5, 0.6) is 0 Å². The molecule has 1 heterocycles. The lowest BCUT2D eigenvalue weighted by molar-refractivity contribution is -0.123. The Morgan fingerprint density at radius 2 is 1.75 bits per heavy atom. The Morgan fingerprint density at radius 3 is 2.38 bits per heavy atom. The van der Waals surface area contributed by atoms with Crippen LogP contribution in [-0.4, -0.2) is 47.9 Å². The molecule has 132 valence electrons. The number of nitrogens with zero attached hydrogens (tertiary/aromatic N) is 1. The van der Waals surface area contributed by atoms with Crippen molar-refractivity contribution >= 4 is 11.8 Å². The zero-order chi connectivity index (χ0) is 17.6. The highest BCUT2D eigenvalue weighted by molar-refractivity contribution is 5.97. The van der Waals surface area contributed by atoms with Gasteiger partial charge in [-0.2, -0.15) is 0 Å². The molecule has 1 atom stereocenters. The first kappa shape index (κ1) is 18.5. The second-order valence-corrected chi connectivity index (χ2v) is 7.14. The lowest BCUT2D eigenvalue weighted by atomic mass is 9.98. The van der Waals surface area contributed by atoms with Crippen LogP contribution in [-0.2, 0) is 4.79 Å². The van der Waals surface area contributed by atoms with Gasteiger partial charge in [0.1, 0.15) is 6.04 Å². The second-order valence-electron chi connectivity index (χ2n) is 7.14. The van der Waals surface area contributed by atoms with Crippen LogP contribution in [0.15, 0.2) is 30.3 Å². The number of carbonyl (C=O) groups is 2. The highest BCUT2D eigenvalue weighted by atomic mass is 16.2. The summed E-state index contributed by atoms with van der Waals surface area (Å²) in [4.78, 5) is 26.8. The summed E-state index contributed by atoms with van der Waals surface area (Å²) in [6.07, 6.45) is 3.74. The van der Waals surface area contributed by atoms with Gasteiger partial charge < -0.3 is 10.6 Å². The van der Waals surface area contributed by atoms with Crippen LogP contribution in [0.1, 0.15) is 50.4 Å². The molecule has 1 aliphatic rings. The molecule has 1 fully saturated rings. The summed E-state index contributed by atoms with van der Waals surface area (Å²) < 4.78 is 0. The molecule has 5 heteroatoms. The lowest BCUT2D eigenvalue weighted by Crippen LogP contribution is -2.55. The first-order valence-electron chi connectivity index (χ1n) is 8.79. The van der Waals surface area contributed by atoms with Gasteiger partial charge in [0.05, 0.1) is 0 Å². The van der Waals surface area contributed by atoms with Gasteiger partial charge >= 0.3 is 0 Å². The molecule has 2 rings (SSSR count). The average molecular weight is 331 g/mol. The van der Waals surface area contributed by atoms with Gasteiger partial charge in [-0.3, -0.25) is 14.5 Å². The van der Waals surface area contributed by atoms with Gasteiger partial charge in [-0.05, 0) is 58.8 Å². The van der Waals surface area contributed by atoms with E-state index in [9.17, 15) is 9.59 Å². The first-order valence-corrected chi connectivity index (χ1v) is 8.79. The van der Waals surface area contributed by atoms with Crippen molar-refractivity contribution in [1.82, 2.24) is 15.5 Å². The molecule has 1 unspecified atom stereocenters. The average Bonchev–Trinajstić information content (AvgIpc) is 2.61. The Kier molecular flexibility index (Phi) is 6.37. The smallest absolute Gasteiger partial charge is 0.251 e. The molecule has 0 saturated carbocycles. The minimum atomic E-state index is -0.560. The molecule has 5 nitrogen and oxygen atoms in total. The predicted octanol–water partition coefficient (Wildman–Crippen LogP) is 2.19. The molecule has 1 saturated heterocycles. The topological polar surface area (TPSA) is 61.4 Å². The van der Waals surface area contributed by atoms with Crippen molar-refractivity contribution in [3.05, 3.63) is 35.9 Å². The summed E-state index contributed by atoms with van der Waals surface area (Å²) in [7, 11) is 0. The SMILES string of the molecule is CC(NC(=O)c1ccccc1)C(=O)NCC(C)(C)N1CCCCC1. The molecule has 1 aromatic carbocycles. The van der Waals surface area contributed by atoms with E-state index in [0.717, 1.165) is 13.1 Å². The highest BCUT2D eigenvalue weighted by Crippen LogP contribution is 2.19. The Morgan fingerprint density at radius 1 is 1.12 bits per heavy atom. The third-order valence-corrected chi connectivity index (χ3v) is 4.68. The first-order chi connectivity index (χ1) is 11.4. The largest absolute Gasteiger partial charge is 0.352 e. The number of hydrogen-bond acceptors (Lipinski definition) is 3. The number of nitrogens with one attached hydrogen (secondary N) is 2. The van der Waals surface area contributed by atoms with Crippen molar-refractivity contribution in [3.63, 3.8) is 0 Å². The van der Waals surface area contributed by atoms with E-state index in [-0.39, 0.29) is 17.4 Å². The fraction of sp³-hybridized carbons (Fsp3) is 0.579. The van der Waals surface area contributed by atoms with Crippen LogP contribution in [0.4, 0.5) is 0 Å². The van der Waals surface area contributed by atoms with Crippen molar-refractivity contribution in [2.75, 3.05) is 19.6 Å². The van der Waals surface area contributed by atoms with E-state index in [1.807, 2.05) is 6.07 Å². The van der Waals surface area contributed by atoms with Crippen molar-refractivity contribution in [1.29, 1.82) is 0 Å². The summed E-state index contributed by atoms with van der Waals surface area (Å²) in [5.74, 6) is -0.377. The monoisotopic (exact) mass is 331 g/mol. The van der Waals surface area contributed by atoms with Crippen LogP contribution in [0.3, 0.4) is 0 Å². The number of piperidine rings is 1. The Bertz CT molecular complexity index is 551. The Labute approximate surface area is 144 Å². The summed E-state index contributed by atoms with van der Waals surface area (Å²) in [6, 6.07) is 8.38. The summed E-state index contributed by atoms with van der Waals surface area (Å²) >= 11 is 0. The molecule has 1 aromatic rings. The van der Waals surface area contributed by atoms with E-state index in [1.54, 1.807) is 31.2 Å². The van der Waals surface area contributed by atoms with Gasteiger partial charge in [0.25, 0.3) is 5.91 Å². The van der Waals surface area contributed by atoms with E-state index < -0.39 is 6.04 Å². The van der Waals surface area contributed by atoms with Gasteiger partial charge in [0, 0.05) is 17.6 Å². The van der Waals surface area contributed by atoms with Gasteiger partial charge in [-0.1, -0.05) is 24.6 Å². The van der Waals surface area contributed by atoms with Crippen molar-refractivity contribution in [2.24, 2.45) is 0 Å². The number of likely N-dealkylation sites (tertiary alicyclic amines) is 1. The highest BCUT2D eigenvalue weighted by Gasteiger charge is 2.29. The third kappa shape index (κ3) is 5.06. The molecular weight excluding hydrogens is 302 g/mol. The van der Waals surface area contributed by atoms with Crippen molar-refractivity contribution in [2.45, 2.75) is 51.6 Å². The van der Waals surface area contributed by atoms with Crippen LogP contribution in [0.25, 0.3) is 0 Å². The number of hydrogen-bond donors (Lipinski definition) is 2. The Hall–Kier alpha value is -1.88. The normalized spacial score (nSPS) is 17.1. The van der Waals surface area contributed by atoms with Crippen LogP contribution in [0.2, 0.25) is 0 Å². The number of rotatable bonds is 6. The van der Waals surface area contributed by atoms with Gasteiger partial charge in [-0.15, -0.1) is 0 Å². The van der Waals surface area contributed by atoms with Crippen molar-refractivity contribution < 1.29 is 9.59 Å². The quantitative estimate of drug-likeness (QED) is 0.840. The molecule has 0 spiro atoms. The predicted molar refractivity (Wildman–Crippen MR) is 95.9 cm³/mol. The minimum Gasteiger partial charge on any atom is -0.352 e. The van der Waals surface area contributed by atoms with E-state index in [1.165, 1.54) is 19.3 Å². The summed E-state index contributed by atoms with van der Waals surface area (Å²) in [5.41, 5.74) is 0.491. The van der Waals surface area contributed by atoms with Crippen LogP contribution < -0.4 is 10.6 Å². The molecule has 0 aromatic heterocycles. The zero-order valence-electron chi connectivity index (χ0n) is 15.0. The minimum absolute atomic E-state index is 0.0702. The van der Waals surface area contributed by atoms with Crippen LogP contribution in [0, 0.1) is 0 Å². The lowest BCUT2D eigenvalue weighted by Gasteiger charge is -2.41. The number of amides is 2. The maximum Gasteiger partial charge on any atom is 0.251 e. The maximum absolute atomic E-state index is 12.3. The van der Waals surface area contributed by atoms with Gasteiger partial charge in [0.2, 0.25) is 5.91 Å². The van der Waals surface area contributed by atoms with E-state index >= 15 is 0 Å². The van der Waals surface area contributed by atoms with Gasteiger partial charge in [-0.25, -0.2) is 0 Å². The van der Waals surface area contributed by atoms with E-state index in [4.69, 9.17) is 0 Å². The molecule has 24 heavy (non-hydrogen) atoms. The molecule has 0 radical (unpaired) electrons. The standard InChI is InChI=1S/C19H29N3O2/c1-15(21-18(24)16-10-6-4-7-11-16)17(23)20-14-19(2,3)22-12-8-5-9-13-22/h4,6-7,10-11,15H,5,8-9,12-14H2,1-3H3,(H,20,23)(H,21,24). The van der Waals surface area contributed by atoms with Crippen molar-refractivity contribution in [3.8, 4) is 0 Å². The molecular formula is C19H29N3O2. The molecule has 0 aliphatic carbocycles.